The number of nitriles is 2. The number of piperazine rings is 1. The van der Waals surface area contributed by atoms with Gasteiger partial charge in [-0.25, -0.2) is 4.98 Å². The summed E-state index contributed by atoms with van der Waals surface area (Å²) in [5.74, 6) is 0.743. The van der Waals surface area contributed by atoms with Crippen molar-refractivity contribution in [3.05, 3.63) is 34.6 Å². The van der Waals surface area contributed by atoms with E-state index in [0.717, 1.165) is 19.4 Å². The van der Waals surface area contributed by atoms with E-state index in [9.17, 15) is 15.6 Å². The number of aliphatic hydroxyl groups is 1. The molecule has 0 bridgehead atoms. The molecule has 0 amide bonds. The topological polar surface area (TPSA) is 141 Å². The molecule has 2 aromatic heterocycles. The molecule has 0 radical (unpaired) electrons. The number of hydrogen-bond donors (Lipinski definition) is 3. The summed E-state index contributed by atoms with van der Waals surface area (Å²) in [6.45, 7) is 5.56. The normalized spacial score (nSPS) is 18.6. The van der Waals surface area contributed by atoms with Gasteiger partial charge in [-0.15, -0.1) is 5.10 Å². The Morgan fingerprint density at radius 2 is 1.97 bits per heavy atom. The second-order valence-electron chi connectivity index (χ2n) is 9.88. The molecule has 3 N–H and O–H groups in total. The number of nitrogens with one attached hydrogen (secondary N) is 2. The van der Waals surface area contributed by atoms with Gasteiger partial charge in [0.2, 0.25) is 5.95 Å². The first-order valence-corrected chi connectivity index (χ1v) is 12.2. The SMILES string of the molecule is CN1CCN(c2cc(C#N)cc(Nc3nc(NC4CC4)c4ncc(C#N)n4n3)c2Cl)CC1C(C)(C)O. The Morgan fingerprint density at radius 1 is 1.19 bits per heavy atom. The highest BCUT2D eigenvalue weighted by atomic mass is 35.5. The number of nitrogens with zero attached hydrogens (tertiary/aromatic N) is 8. The average molecular weight is 507 g/mol. The van der Waals surface area contributed by atoms with Gasteiger partial charge < -0.3 is 20.6 Å². The highest BCUT2D eigenvalue weighted by Crippen LogP contribution is 2.37. The molecular weight excluding hydrogens is 480 g/mol. The zero-order valence-electron chi connectivity index (χ0n) is 20.3. The van der Waals surface area contributed by atoms with Crippen molar-refractivity contribution in [1.82, 2.24) is 24.5 Å². The number of imidazole rings is 1. The fourth-order valence-electron chi connectivity index (χ4n) is 4.50. The molecule has 3 aromatic rings. The minimum atomic E-state index is -0.911. The quantitative estimate of drug-likeness (QED) is 0.456. The smallest absolute Gasteiger partial charge is 0.247 e. The Labute approximate surface area is 213 Å². The maximum absolute atomic E-state index is 10.7. The Kier molecular flexibility index (Phi) is 6.08. The first-order chi connectivity index (χ1) is 17.2. The van der Waals surface area contributed by atoms with Crippen LogP contribution in [-0.4, -0.2) is 74.0 Å². The van der Waals surface area contributed by atoms with E-state index in [4.69, 9.17) is 11.6 Å². The van der Waals surface area contributed by atoms with E-state index in [2.05, 4.69) is 47.6 Å². The third kappa shape index (κ3) is 4.61. The van der Waals surface area contributed by atoms with E-state index in [0.29, 0.717) is 52.6 Å². The molecular formula is C24H27ClN10O. The summed E-state index contributed by atoms with van der Waals surface area (Å²) in [5, 5.41) is 41.3. The predicted molar refractivity (Wildman–Crippen MR) is 137 cm³/mol. The van der Waals surface area contributed by atoms with Crippen molar-refractivity contribution in [3.63, 3.8) is 0 Å². The molecule has 11 nitrogen and oxygen atoms in total. The van der Waals surface area contributed by atoms with Crippen LogP contribution < -0.4 is 15.5 Å². The first kappa shape index (κ1) is 24.1. The van der Waals surface area contributed by atoms with Crippen LogP contribution in [0.4, 0.5) is 23.1 Å². The van der Waals surface area contributed by atoms with Crippen LogP contribution in [-0.2, 0) is 0 Å². The third-order valence-electron chi connectivity index (χ3n) is 6.63. The molecule has 0 spiro atoms. The molecule has 1 saturated heterocycles. The predicted octanol–water partition coefficient (Wildman–Crippen LogP) is 2.73. The fourth-order valence-corrected chi connectivity index (χ4v) is 4.77. The minimum Gasteiger partial charge on any atom is -0.389 e. The van der Waals surface area contributed by atoms with Gasteiger partial charge in [0.05, 0.1) is 45.9 Å². The highest BCUT2D eigenvalue weighted by Gasteiger charge is 2.36. The van der Waals surface area contributed by atoms with E-state index >= 15 is 0 Å². The van der Waals surface area contributed by atoms with Gasteiger partial charge in [-0.05, 0) is 45.9 Å². The lowest BCUT2D eigenvalue weighted by Gasteiger charge is -2.45. The van der Waals surface area contributed by atoms with Crippen LogP contribution in [0.2, 0.25) is 5.02 Å². The standard InChI is InChI=1S/C24H27ClN10O/c1-24(2,36)19-13-34(7-6-33(19)3)18-9-14(10-26)8-17(20(18)25)30-23-31-21(29-15-4-5-15)22-28-12-16(11-27)35(22)32-23/h8-9,12,15,19,36H,4-7,13H2,1-3H3,(H2,29,30,31,32). The molecule has 5 rings (SSSR count). The van der Waals surface area contributed by atoms with Gasteiger partial charge in [0.15, 0.2) is 17.2 Å². The summed E-state index contributed by atoms with van der Waals surface area (Å²) < 4.78 is 1.44. The molecule has 1 aliphatic heterocycles. The van der Waals surface area contributed by atoms with E-state index in [-0.39, 0.29) is 17.7 Å². The molecule has 12 heteroatoms. The Balaban J connectivity index is 1.52. The summed E-state index contributed by atoms with van der Waals surface area (Å²) in [4.78, 5) is 13.1. The number of likely N-dealkylation sites (N-methyl/N-ethyl adjacent to an activating group) is 1. The van der Waals surface area contributed by atoms with E-state index in [1.54, 1.807) is 26.0 Å². The maximum atomic E-state index is 10.7. The molecule has 1 aromatic carbocycles. The molecule has 36 heavy (non-hydrogen) atoms. The number of hydrogen-bond acceptors (Lipinski definition) is 10. The lowest BCUT2D eigenvalue weighted by molar-refractivity contribution is -0.0140. The molecule has 3 heterocycles. The van der Waals surface area contributed by atoms with Crippen LogP contribution in [0, 0.1) is 22.7 Å². The molecule has 1 saturated carbocycles. The summed E-state index contributed by atoms with van der Waals surface area (Å²) >= 11 is 6.88. The Bertz CT molecular complexity index is 1400. The summed E-state index contributed by atoms with van der Waals surface area (Å²) in [7, 11) is 1.99. The number of aromatic nitrogens is 4. The van der Waals surface area contributed by atoms with E-state index in [1.807, 2.05) is 7.05 Å². The van der Waals surface area contributed by atoms with Crippen molar-refractivity contribution in [1.29, 1.82) is 10.5 Å². The zero-order valence-corrected chi connectivity index (χ0v) is 21.1. The van der Waals surface area contributed by atoms with Gasteiger partial charge in [0, 0.05) is 25.7 Å². The third-order valence-corrected chi connectivity index (χ3v) is 7.03. The minimum absolute atomic E-state index is 0.114. The van der Waals surface area contributed by atoms with Gasteiger partial charge >= 0.3 is 0 Å². The molecule has 1 atom stereocenters. The van der Waals surface area contributed by atoms with Crippen LogP contribution >= 0.6 is 11.6 Å². The van der Waals surface area contributed by atoms with Crippen LogP contribution in [0.5, 0.6) is 0 Å². The second-order valence-corrected chi connectivity index (χ2v) is 10.3. The van der Waals surface area contributed by atoms with Crippen LogP contribution in [0.25, 0.3) is 5.65 Å². The number of benzene rings is 1. The van der Waals surface area contributed by atoms with Crippen molar-refractivity contribution in [2.45, 2.75) is 44.4 Å². The summed E-state index contributed by atoms with van der Waals surface area (Å²) in [6, 6.07) is 7.91. The summed E-state index contributed by atoms with van der Waals surface area (Å²) in [6.07, 6.45) is 3.54. The Hall–Kier alpha value is -3.64. The van der Waals surface area contributed by atoms with Crippen molar-refractivity contribution < 1.29 is 5.11 Å². The van der Waals surface area contributed by atoms with E-state index in [1.165, 1.54) is 10.7 Å². The molecule has 1 unspecified atom stereocenters. The van der Waals surface area contributed by atoms with Crippen molar-refractivity contribution >= 4 is 40.4 Å². The van der Waals surface area contributed by atoms with E-state index < -0.39 is 5.60 Å². The number of halogens is 1. The number of rotatable bonds is 6. The van der Waals surface area contributed by atoms with Crippen LogP contribution in [0.3, 0.4) is 0 Å². The average Bonchev–Trinajstić information content (AvgIpc) is 3.56. The largest absolute Gasteiger partial charge is 0.389 e. The summed E-state index contributed by atoms with van der Waals surface area (Å²) in [5.41, 5.74) is 1.43. The van der Waals surface area contributed by atoms with Crippen molar-refractivity contribution in [2.75, 3.05) is 42.2 Å². The molecule has 186 valence electrons. The number of anilines is 4. The monoisotopic (exact) mass is 506 g/mol. The van der Waals surface area contributed by atoms with Crippen LogP contribution in [0.15, 0.2) is 18.3 Å². The van der Waals surface area contributed by atoms with Crippen molar-refractivity contribution in [3.8, 4) is 12.1 Å². The highest BCUT2D eigenvalue weighted by molar-refractivity contribution is 6.36. The Morgan fingerprint density at radius 3 is 2.64 bits per heavy atom. The lowest BCUT2D eigenvalue weighted by Crippen LogP contribution is -2.59. The van der Waals surface area contributed by atoms with Crippen LogP contribution in [0.1, 0.15) is 37.9 Å². The lowest BCUT2D eigenvalue weighted by atomic mass is 9.95. The molecule has 2 fully saturated rings. The molecule has 2 aliphatic rings. The van der Waals surface area contributed by atoms with Gasteiger partial charge in [0.25, 0.3) is 0 Å². The van der Waals surface area contributed by atoms with Crippen molar-refractivity contribution in [2.24, 2.45) is 0 Å². The van der Waals surface area contributed by atoms with Gasteiger partial charge in [0.1, 0.15) is 6.07 Å². The molecule has 1 aliphatic carbocycles. The first-order valence-electron chi connectivity index (χ1n) is 11.8. The van der Waals surface area contributed by atoms with Gasteiger partial charge in [-0.2, -0.15) is 20.0 Å². The second kappa shape index (κ2) is 9.10. The van der Waals surface area contributed by atoms with Gasteiger partial charge in [-0.3, -0.25) is 4.90 Å². The zero-order chi connectivity index (χ0) is 25.6. The maximum Gasteiger partial charge on any atom is 0.247 e. The fraction of sp³-hybridized carbons (Fsp3) is 0.458. The number of fused-ring (bicyclic) bond motifs is 1. The van der Waals surface area contributed by atoms with Gasteiger partial charge in [-0.1, -0.05) is 11.6 Å².